The maximum Gasteiger partial charge on any atom is 0.410 e. The van der Waals surface area contributed by atoms with E-state index in [1.165, 1.54) is 16.2 Å². The van der Waals surface area contributed by atoms with Gasteiger partial charge in [-0.15, -0.1) is 11.3 Å². The van der Waals surface area contributed by atoms with Crippen molar-refractivity contribution in [2.45, 2.75) is 46.6 Å². The quantitative estimate of drug-likeness (QED) is 0.807. The van der Waals surface area contributed by atoms with Crippen LogP contribution in [0.3, 0.4) is 0 Å². The molecule has 0 fully saturated rings. The minimum Gasteiger partial charge on any atom is -0.444 e. The smallest absolute Gasteiger partial charge is 0.410 e. The summed E-state index contributed by atoms with van der Waals surface area (Å²) in [5.41, 5.74) is 0.841. The zero-order valence-electron chi connectivity index (χ0n) is 15.7. The topological polar surface area (TPSA) is 87.7 Å². The Balaban J connectivity index is 2.58. The number of thiophene rings is 1. The Labute approximate surface area is 152 Å². The molecule has 0 aliphatic rings. The van der Waals surface area contributed by atoms with Crippen LogP contribution in [0.4, 0.5) is 10.5 Å². The first-order valence-corrected chi connectivity index (χ1v) is 9.03. The highest BCUT2D eigenvalue weighted by Crippen LogP contribution is 2.27. The molecule has 7 nitrogen and oxygen atoms in total. The maximum atomic E-state index is 12.3. The Morgan fingerprint density at radius 1 is 1.28 bits per heavy atom. The third kappa shape index (κ3) is 6.74. The average molecular weight is 369 g/mol. The number of hydrogen-bond acceptors (Lipinski definition) is 5. The standard InChI is InChI=1S/C17H27N3O4S/c1-7-12(21)19-13-11(2)10-25-14(13)15(22)18-8-9-20(6)16(23)24-17(3,4)5/h10H,7-9H2,1-6H3,(H,18,22)(H,19,21). The molecule has 0 bridgehead atoms. The van der Waals surface area contributed by atoms with Gasteiger partial charge in [0.15, 0.2) is 0 Å². The van der Waals surface area contributed by atoms with Gasteiger partial charge in [0.05, 0.1) is 5.69 Å². The van der Waals surface area contributed by atoms with Gasteiger partial charge in [0.25, 0.3) is 5.91 Å². The monoisotopic (exact) mass is 369 g/mol. The molecule has 0 saturated heterocycles. The molecule has 1 heterocycles. The Bertz CT molecular complexity index is 634. The summed E-state index contributed by atoms with van der Waals surface area (Å²) in [6, 6.07) is 0. The third-order valence-electron chi connectivity index (χ3n) is 3.20. The molecule has 0 atom stereocenters. The van der Waals surface area contributed by atoms with Gasteiger partial charge in [-0.2, -0.15) is 0 Å². The highest BCUT2D eigenvalue weighted by atomic mass is 32.1. The van der Waals surface area contributed by atoms with E-state index in [2.05, 4.69) is 10.6 Å². The van der Waals surface area contributed by atoms with Crippen molar-refractivity contribution >= 4 is 34.9 Å². The molecular formula is C17H27N3O4S. The summed E-state index contributed by atoms with van der Waals surface area (Å²) in [4.78, 5) is 37.7. The summed E-state index contributed by atoms with van der Waals surface area (Å²) in [7, 11) is 1.61. The number of nitrogens with zero attached hydrogens (tertiary/aromatic N) is 1. The molecule has 1 rings (SSSR count). The van der Waals surface area contributed by atoms with Gasteiger partial charge in [-0.1, -0.05) is 6.92 Å². The van der Waals surface area contributed by atoms with Crippen LogP contribution in [0.2, 0.25) is 0 Å². The van der Waals surface area contributed by atoms with Crippen LogP contribution in [0.15, 0.2) is 5.38 Å². The van der Waals surface area contributed by atoms with Crippen molar-refractivity contribution in [2.24, 2.45) is 0 Å². The van der Waals surface area contributed by atoms with E-state index < -0.39 is 11.7 Å². The maximum absolute atomic E-state index is 12.3. The van der Waals surface area contributed by atoms with E-state index in [4.69, 9.17) is 4.74 Å². The molecule has 0 aliphatic heterocycles. The van der Waals surface area contributed by atoms with Gasteiger partial charge < -0.3 is 20.3 Å². The SMILES string of the molecule is CCC(=O)Nc1c(C)csc1C(=O)NCCN(C)C(=O)OC(C)(C)C. The molecule has 0 aliphatic carbocycles. The largest absolute Gasteiger partial charge is 0.444 e. The number of nitrogens with one attached hydrogen (secondary N) is 2. The van der Waals surface area contributed by atoms with Gasteiger partial charge in [-0.25, -0.2) is 4.79 Å². The second kappa shape index (κ2) is 8.84. The molecule has 0 radical (unpaired) electrons. The van der Waals surface area contributed by atoms with Crippen LogP contribution in [0.5, 0.6) is 0 Å². The van der Waals surface area contributed by atoms with Gasteiger partial charge in [0.1, 0.15) is 10.5 Å². The van der Waals surface area contributed by atoms with Crippen molar-refractivity contribution in [3.05, 3.63) is 15.8 Å². The van der Waals surface area contributed by atoms with Crippen molar-refractivity contribution < 1.29 is 19.1 Å². The van der Waals surface area contributed by atoms with E-state index >= 15 is 0 Å². The van der Waals surface area contributed by atoms with Crippen LogP contribution >= 0.6 is 11.3 Å². The molecule has 0 saturated carbocycles. The van der Waals surface area contributed by atoms with Gasteiger partial charge in [-0.3, -0.25) is 9.59 Å². The highest BCUT2D eigenvalue weighted by Gasteiger charge is 2.20. The molecule has 0 unspecified atom stereocenters. The van der Waals surface area contributed by atoms with Gasteiger partial charge >= 0.3 is 6.09 Å². The number of amides is 3. The van der Waals surface area contributed by atoms with Gasteiger partial charge in [-0.05, 0) is 38.6 Å². The summed E-state index contributed by atoms with van der Waals surface area (Å²) in [6.07, 6.45) is -0.0959. The number of anilines is 1. The Kier molecular flexibility index (Phi) is 7.41. The highest BCUT2D eigenvalue weighted by molar-refractivity contribution is 7.13. The third-order valence-corrected chi connectivity index (χ3v) is 4.30. The van der Waals surface area contributed by atoms with E-state index in [0.717, 1.165) is 5.56 Å². The summed E-state index contributed by atoms with van der Waals surface area (Å²) >= 11 is 1.28. The number of carbonyl (C=O) groups excluding carboxylic acids is 3. The molecule has 1 aromatic rings. The van der Waals surface area contributed by atoms with Crippen LogP contribution in [-0.4, -0.2) is 48.5 Å². The summed E-state index contributed by atoms with van der Waals surface area (Å²) in [5, 5.41) is 7.35. The number of ether oxygens (including phenoxy) is 1. The molecule has 25 heavy (non-hydrogen) atoms. The molecule has 0 spiro atoms. The normalized spacial score (nSPS) is 11.0. The van der Waals surface area contributed by atoms with E-state index in [1.807, 2.05) is 12.3 Å². The Morgan fingerprint density at radius 2 is 1.92 bits per heavy atom. The van der Waals surface area contributed by atoms with Gasteiger partial charge in [0.2, 0.25) is 5.91 Å². The number of rotatable bonds is 6. The zero-order valence-corrected chi connectivity index (χ0v) is 16.5. The first-order chi connectivity index (χ1) is 11.5. The summed E-state index contributed by atoms with van der Waals surface area (Å²) < 4.78 is 5.25. The fourth-order valence-electron chi connectivity index (χ4n) is 1.84. The van der Waals surface area contributed by atoms with Gasteiger partial charge in [0, 0.05) is 26.6 Å². The zero-order chi connectivity index (χ0) is 19.2. The first-order valence-electron chi connectivity index (χ1n) is 8.15. The fraction of sp³-hybridized carbons (Fsp3) is 0.588. The van der Waals surface area contributed by atoms with E-state index in [-0.39, 0.29) is 18.4 Å². The van der Waals surface area contributed by atoms with E-state index in [1.54, 1.807) is 34.7 Å². The van der Waals surface area contributed by atoms with E-state index in [9.17, 15) is 14.4 Å². The second-order valence-electron chi connectivity index (χ2n) is 6.68. The minimum atomic E-state index is -0.560. The number of aryl methyl sites for hydroxylation is 1. The van der Waals surface area contributed by atoms with Crippen LogP contribution < -0.4 is 10.6 Å². The van der Waals surface area contributed by atoms with Crippen molar-refractivity contribution in [2.75, 3.05) is 25.5 Å². The van der Waals surface area contributed by atoms with E-state index in [0.29, 0.717) is 23.5 Å². The van der Waals surface area contributed by atoms with Crippen LogP contribution in [-0.2, 0) is 9.53 Å². The minimum absolute atomic E-state index is 0.139. The molecular weight excluding hydrogens is 342 g/mol. The van der Waals surface area contributed by atoms with Crippen molar-refractivity contribution in [3.8, 4) is 0 Å². The second-order valence-corrected chi connectivity index (χ2v) is 7.56. The van der Waals surface area contributed by atoms with Crippen molar-refractivity contribution in [1.82, 2.24) is 10.2 Å². The first kappa shape index (κ1) is 21.0. The predicted molar refractivity (Wildman–Crippen MR) is 99.2 cm³/mol. The Hall–Kier alpha value is -2.09. The lowest BCUT2D eigenvalue weighted by molar-refractivity contribution is -0.115. The van der Waals surface area contributed by atoms with Crippen molar-refractivity contribution in [1.29, 1.82) is 0 Å². The summed E-state index contributed by atoms with van der Waals surface area (Å²) in [6.45, 7) is 9.59. The predicted octanol–water partition coefficient (Wildman–Crippen LogP) is 3.00. The van der Waals surface area contributed by atoms with Crippen LogP contribution in [0, 0.1) is 6.92 Å². The Morgan fingerprint density at radius 3 is 2.48 bits per heavy atom. The average Bonchev–Trinajstić information content (AvgIpc) is 2.86. The molecule has 2 N–H and O–H groups in total. The molecule has 3 amide bonds. The number of hydrogen-bond donors (Lipinski definition) is 2. The molecule has 140 valence electrons. The number of carbonyl (C=O) groups is 3. The van der Waals surface area contributed by atoms with Crippen LogP contribution in [0.1, 0.15) is 49.4 Å². The molecule has 1 aromatic heterocycles. The van der Waals surface area contributed by atoms with Crippen molar-refractivity contribution in [3.63, 3.8) is 0 Å². The molecule has 0 aromatic carbocycles. The molecule has 8 heteroatoms. The lowest BCUT2D eigenvalue weighted by atomic mass is 10.2. The lowest BCUT2D eigenvalue weighted by Crippen LogP contribution is -2.39. The summed E-state index contributed by atoms with van der Waals surface area (Å²) in [5.74, 6) is -0.415. The lowest BCUT2D eigenvalue weighted by Gasteiger charge is -2.24. The van der Waals surface area contributed by atoms with Crippen LogP contribution in [0.25, 0.3) is 0 Å². The number of likely N-dealkylation sites (N-methyl/N-ethyl adjacent to an activating group) is 1. The fourth-order valence-corrected chi connectivity index (χ4v) is 2.76.